The molecule has 0 unspecified atom stereocenters. The molecule has 0 aromatic carbocycles. The Bertz CT molecular complexity index is 445. The standard InChI is InChI=1S/C16H29N3O4/c1-10-7-5-6-8-11(10)18-14(21)12(9-13(17)20)19-15(22)23-16(2,3)4/h10-12H,5-9H2,1-4H3,(H2,17,20)(H,18,21)(H,19,22)/t10-,11-,12+/m1/s1. The van der Waals surface area contributed by atoms with Gasteiger partial charge < -0.3 is 21.1 Å². The monoisotopic (exact) mass is 327 g/mol. The van der Waals surface area contributed by atoms with Gasteiger partial charge in [-0.2, -0.15) is 0 Å². The molecule has 1 saturated carbocycles. The molecule has 0 aromatic rings. The summed E-state index contributed by atoms with van der Waals surface area (Å²) < 4.78 is 5.13. The van der Waals surface area contributed by atoms with Crippen LogP contribution in [-0.4, -0.2) is 35.6 Å². The highest BCUT2D eigenvalue weighted by Gasteiger charge is 2.29. The molecule has 0 saturated heterocycles. The van der Waals surface area contributed by atoms with E-state index in [0.717, 1.165) is 25.7 Å². The Hall–Kier alpha value is -1.79. The van der Waals surface area contributed by atoms with E-state index in [2.05, 4.69) is 17.6 Å². The van der Waals surface area contributed by atoms with Gasteiger partial charge in [0, 0.05) is 6.04 Å². The molecule has 1 rings (SSSR count). The van der Waals surface area contributed by atoms with Gasteiger partial charge >= 0.3 is 6.09 Å². The van der Waals surface area contributed by atoms with Gasteiger partial charge in [0.25, 0.3) is 0 Å². The number of rotatable bonds is 5. The second-order valence-corrected chi connectivity index (χ2v) is 7.25. The number of hydrogen-bond donors (Lipinski definition) is 3. The minimum atomic E-state index is -1.02. The van der Waals surface area contributed by atoms with E-state index in [1.165, 1.54) is 0 Å². The lowest BCUT2D eigenvalue weighted by Crippen LogP contribution is -2.53. The van der Waals surface area contributed by atoms with Crippen LogP contribution in [0.2, 0.25) is 0 Å². The smallest absolute Gasteiger partial charge is 0.408 e. The first kappa shape index (κ1) is 19.3. The fourth-order valence-corrected chi connectivity index (χ4v) is 2.67. The average Bonchev–Trinajstić information content (AvgIpc) is 2.37. The van der Waals surface area contributed by atoms with E-state index in [1.54, 1.807) is 20.8 Å². The normalized spacial score (nSPS) is 22.8. The minimum absolute atomic E-state index is 0.0621. The Morgan fingerprint density at radius 2 is 1.83 bits per heavy atom. The third-order valence-electron chi connectivity index (χ3n) is 3.85. The molecule has 1 aliphatic carbocycles. The van der Waals surface area contributed by atoms with Crippen LogP contribution in [0.25, 0.3) is 0 Å². The lowest BCUT2D eigenvalue weighted by Gasteiger charge is -2.31. The van der Waals surface area contributed by atoms with Gasteiger partial charge in [-0.15, -0.1) is 0 Å². The molecule has 132 valence electrons. The molecular weight excluding hydrogens is 298 g/mol. The van der Waals surface area contributed by atoms with Crippen molar-refractivity contribution in [3.05, 3.63) is 0 Å². The summed E-state index contributed by atoms with van der Waals surface area (Å²) in [6.07, 6.45) is 3.19. The fourth-order valence-electron chi connectivity index (χ4n) is 2.67. The van der Waals surface area contributed by atoms with Gasteiger partial charge in [0.1, 0.15) is 11.6 Å². The van der Waals surface area contributed by atoms with Crippen LogP contribution in [0.5, 0.6) is 0 Å². The zero-order chi connectivity index (χ0) is 17.6. The van der Waals surface area contributed by atoms with Crippen LogP contribution in [-0.2, 0) is 14.3 Å². The van der Waals surface area contributed by atoms with E-state index in [9.17, 15) is 14.4 Å². The van der Waals surface area contributed by atoms with E-state index < -0.39 is 29.6 Å². The van der Waals surface area contributed by atoms with Gasteiger partial charge in [-0.05, 0) is 39.5 Å². The molecule has 0 radical (unpaired) electrons. The van der Waals surface area contributed by atoms with E-state index in [0.29, 0.717) is 5.92 Å². The summed E-state index contributed by atoms with van der Waals surface area (Å²) >= 11 is 0. The van der Waals surface area contributed by atoms with Crippen LogP contribution in [0.3, 0.4) is 0 Å². The van der Waals surface area contributed by atoms with E-state index >= 15 is 0 Å². The molecule has 23 heavy (non-hydrogen) atoms. The number of carbonyl (C=O) groups is 3. The number of carbonyl (C=O) groups excluding carboxylic acids is 3. The van der Waals surface area contributed by atoms with Crippen LogP contribution >= 0.6 is 0 Å². The highest BCUT2D eigenvalue weighted by molar-refractivity contribution is 5.90. The summed E-state index contributed by atoms with van der Waals surface area (Å²) in [6.45, 7) is 7.26. The van der Waals surface area contributed by atoms with Crippen molar-refractivity contribution in [1.29, 1.82) is 0 Å². The van der Waals surface area contributed by atoms with Crippen LogP contribution in [0.15, 0.2) is 0 Å². The van der Waals surface area contributed by atoms with Crippen molar-refractivity contribution in [2.45, 2.75) is 77.5 Å². The maximum Gasteiger partial charge on any atom is 0.408 e. The number of nitrogens with two attached hydrogens (primary N) is 1. The number of primary amides is 1. The Labute approximate surface area is 137 Å². The molecule has 4 N–H and O–H groups in total. The highest BCUT2D eigenvalue weighted by Crippen LogP contribution is 2.23. The zero-order valence-corrected chi connectivity index (χ0v) is 14.5. The molecule has 0 bridgehead atoms. The third-order valence-corrected chi connectivity index (χ3v) is 3.85. The predicted molar refractivity (Wildman–Crippen MR) is 86.5 cm³/mol. The number of nitrogens with one attached hydrogen (secondary N) is 2. The molecule has 0 aromatic heterocycles. The topological polar surface area (TPSA) is 111 Å². The molecular formula is C16H29N3O4. The van der Waals surface area contributed by atoms with Crippen molar-refractivity contribution in [2.75, 3.05) is 0 Å². The summed E-state index contributed by atoms with van der Waals surface area (Å²) in [6, 6.07) is -0.955. The number of ether oxygens (including phenoxy) is 1. The maximum absolute atomic E-state index is 12.4. The van der Waals surface area contributed by atoms with Crippen molar-refractivity contribution in [1.82, 2.24) is 10.6 Å². The van der Waals surface area contributed by atoms with Crippen LogP contribution in [0.1, 0.15) is 59.8 Å². The van der Waals surface area contributed by atoms with Gasteiger partial charge in [-0.25, -0.2) is 4.79 Å². The Morgan fingerprint density at radius 3 is 2.35 bits per heavy atom. The SMILES string of the molecule is C[C@@H]1CCCC[C@H]1NC(=O)[C@H](CC(N)=O)NC(=O)OC(C)(C)C. The Morgan fingerprint density at radius 1 is 1.22 bits per heavy atom. The summed E-state index contributed by atoms with van der Waals surface area (Å²) in [7, 11) is 0. The summed E-state index contributed by atoms with van der Waals surface area (Å²) in [5, 5.41) is 5.36. The van der Waals surface area contributed by atoms with Crippen molar-refractivity contribution in [3.8, 4) is 0 Å². The molecule has 0 spiro atoms. The van der Waals surface area contributed by atoms with Crippen LogP contribution < -0.4 is 16.4 Å². The molecule has 3 amide bonds. The molecule has 7 nitrogen and oxygen atoms in total. The summed E-state index contributed by atoms with van der Waals surface area (Å²) in [5.74, 6) is -0.672. The van der Waals surface area contributed by atoms with E-state index in [1.807, 2.05) is 0 Å². The second-order valence-electron chi connectivity index (χ2n) is 7.25. The Balaban J connectivity index is 2.66. The molecule has 3 atom stereocenters. The summed E-state index contributed by atoms with van der Waals surface area (Å²) in [4.78, 5) is 35.4. The molecule has 1 aliphatic rings. The Kier molecular flexibility index (Phi) is 6.84. The second kappa shape index (κ2) is 8.17. The number of amides is 3. The highest BCUT2D eigenvalue weighted by atomic mass is 16.6. The number of hydrogen-bond acceptors (Lipinski definition) is 4. The minimum Gasteiger partial charge on any atom is -0.444 e. The first-order valence-corrected chi connectivity index (χ1v) is 8.16. The molecule has 1 fully saturated rings. The van der Waals surface area contributed by atoms with Gasteiger partial charge in [0.15, 0.2) is 0 Å². The largest absolute Gasteiger partial charge is 0.444 e. The van der Waals surface area contributed by atoms with E-state index in [-0.39, 0.29) is 12.5 Å². The summed E-state index contributed by atoms with van der Waals surface area (Å²) in [5.41, 5.74) is 4.50. The zero-order valence-electron chi connectivity index (χ0n) is 14.5. The first-order chi connectivity index (χ1) is 10.6. The third kappa shape index (κ3) is 7.34. The van der Waals surface area contributed by atoms with Crippen LogP contribution in [0.4, 0.5) is 4.79 Å². The van der Waals surface area contributed by atoms with Gasteiger partial charge in [0.2, 0.25) is 11.8 Å². The van der Waals surface area contributed by atoms with Crippen LogP contribution in [0, 0.1) is 5.92 Å². The predicted octanol–water partition coefficient (Wildman–Crippen LogP) is 1.45. The number of alkyl carbamates (subject to hydrolysis) is 1. The quantitative estimate of drug-likeness (QED) is 0.709. The average molecular weight is 327 g/mol. The molecule has 0 aliphatic heterocycles. The van der Waals surface area contributed by atoms with Gasteiger partial charge in [-0.1, -0.05) is 19.8 Å². The molecule has 7 heteroatoms. The van der Waals surface area contributed by atoms with E-state index in [4.69, 9.17) is 10.5 Å². The lowest BCUT2D eigenvalue weighted by atomic mass is 9.86. The van der Waals surface area contributed by atoms with Crippen molar-refractivity contribution in [2.24, 2.45) is 11.7 Å². The molecule has 0 heterocycles. The lowest BCUT2D eigenvalue weighted by molar-refractivity contribution is -0.128. The van der Waals surface area contributed by atoms with Gasteiger partial charge in [-0.3, -0.25) is 9.59 Å². The van der Waals surface area contributed by atoms with Crippen molar-refractivity contribution in [3.63, 3.8) is 0 Å². The van der Waals surface area contributed by atoms with Gasteiger partial charge in [0.05, 0.1) is 6.42 Å². The van der Waals surface area contributed by atoms with Crippen molar-refractivity contribution >= 4 is 17.9 Å². The maximum atomic E-state index is 12.4. The van der Waals surface area contributed by atoms with Crippen molar-refractivity contribution < 1.29 is 19.1 Å². The fraction of sp³-hybridized carbons (Fsp3) is 0.812. The first-order valence-electron chi connectivity index (χ1n) is 8.16.